The van der Waals surface area contributed by atoms with E-state index >= 15 is 0 Å². The van der Waals surface area contributed by atoms with Crippen molar-refractivity contribution >= 4 is 9.73 Å². The minimum Gasteiger partial charge on any atom is -0.389 e. The summed E-state index contributed by atoms with van der Waals surface area (Å²) >= 11 is 0. The summed E-state index contributed by atoms with van der Waals surface area (Å²) in [7, 11) is -2.37. The van der Waals surface area contributed by atoms with Gasteiger partial charge in [-0.3, -0.25) is 4.78 Å². The Bertz CT molecular complexity index is 273. The van der Waals surface area contributed by atoms with Crippen LogP contribution in [0.2, 0.25) is 0 Å². The Hall–Kier alpha value is -0.0900. The summed E-state index contributed by atoms with van der Waals surface area (Å²) in [6, 6.07) is 0. The van der Waals surface area contributed by atoms with Crippen LogP contribution >= 0.6 is 0 Å². The Morgan fingerprint density at radius 2 is 1.69 bits per heavy atom. The normalized spacial score (nSPS) is 41.8. The third-order valence-electron chi connectivity index (χ3n) is 3.09. The number of rotatable bonds is 0. The van der Waals surface area contributed by atoms with E-state index in [0.717, 1.165) is 0 Å². The van der Waals surface area contributed by atoms with Crippen LogP contribution in [0.1, 0.15) is 33.6 Å². The maximum Gasteiger partial charge on any atom is 0.0714 e. The van der Waals surface area contributed by atoms with Crippen LogP contribution in [0.5, 0.6) is 0 Å². The molecule has 0 saturated carbocycles. The minimum absolute atomic E-state index is 0.178. The summed E-state index contributed by atoms with van der Waals surface area (Å²) in [5, 5.41) is 10.2. The molecule has 4 heteroatoms. The molecule has 0 spiro atoms. The molecule has 0 aromatic heterocycles. The standard InChI is InChI=1S/C9H19NO2S/c1-8(2,3)9(11)4-6-13(10,12)7-5-9/h10-11H,4-7H2,1-3H3. The van der Waals surface area contributed by atoms with E-state index in [-0.39, 0.29) is 5.41 Å². The van der Waals surface area contributed by atoms with E-state index < -0.39 is 15.3 Å². The molecule has 1 fully saturated rings. The SMILES string of the molecule is CC(C)(C)C1(O)CCS(=N)(=O)CC1. The van der Waals surface area contributed by atoms with Gasteiger partial charge >= 0.3 is 0 Å². The van der Waals surface area contributed by atoms with Gasteiger partial charge in [0.25, 0.3) is 0 Å². The molecule has 1 rings (SSSR count). The molecule has 78 valence electrons. The van der Waals surface area contributed by atoms with Crippen LogP contribution in [0.3, 0.4) is 0 Å². The van der Waals surface area contributed by atoms with Crippen molar-refractivity contribution in [3.05, 3.63) is 0 Å². The number of hydrogen-bond acceptors (Lipinski definition) is 3. The first-order valence-electron chi connectivity index (χ1n) is 4.63. The van der Waals surface area contributed by atoms with Crippen molar-refractivity contribution in [2.45, 2.75) is 39.2 Å². The fourth-order valence-corrected chi connectivity index (χ4v) is 3.18. The molecule has 0 radical (unpaired) electrons. The fraction of sp³-hybridized carbons (Fsp3) is 1.00. The molecule has 0 aliphatic carbocycles. The lowest BCUT2D eigenvalue weighted by Gasteiger charge is -2.43. The quantitative estimate of drug-likeness (QED) is 0.631. The zero-order valence-electron chi connectivity index (χ0n) is 8.59. The molecule has 1 aliphatic rings. The van der Waals surface area contributed by atoms with Crippen LogP contribution in [-0.4, -0.2) is 26.4 Å². The highest BCUT2D eigenvalue weighted by molar-refractivity contribution is 7.92. The van der Waals surface area contributed by atoms with Gasteiger partial charge in [0.2, 0.25) is 0 Å². The Labute approximate surface area is 80.5 Å². The van der Waals surface area contributed by atoms with Gasteiger partial charge in [0.1, 0.15) is 0 Å². The smallest absolute Gasteiger partial charge is 0.0714 e. The van der Waals surface area contributed by atoms with Crippen molar-refractivity contribution in [2.24, 2.45) is 5.41 Å². The third-order valence-corrected chi connectivity index (χ3v) is 4.81. The summed E-state index contributed by atoms with van der Waals surface area (Å²) in [5.74, 6) is 0.696. The highest BCUT2D eigenvalue weighted by atomic mass is 32.2. The average molecular weight is 205 g/mol. The zero-order chi connectivity index (χ0) is 10.3. The lowest BCUT2D eigenvalue weighted by molar-refractivity contribution is -0.0646. The number of nitrogens with one attached hydrogen (secondary N) is 1. The van der Waals surface area contributed by atoms with E-state index in [1.807, 2.05) is 20.8 Å². The fourth-order valence-electron chi connectivity index (χ4n) is 1.64. The largest absolute Gasteiger partial charge is 0.389 e. The molecule has 0 atom stereocenters. The minimum atomic E-state index is -2.37. The van der Waals surface area contributed by atoms with Crippen molar-refractivity contribution < 1.29 is 9.32 Å². The van der Waals surface area contributed by atoms with Crippen molar-refractivity contribution in [2.75, 3.05) is 11.5 Å². The predicted octanol–water partition coefficient (Wildman–Crippen LogP) is 1.60. The molecular formula is C9H19NO2S. The van der Waals surface area contributed by atoms with Crippen molar-refractivity contribution in [3.63, 3.8) is 0 Å². The van der Waals surface area contributed by atoms with Gasteiger partial charge in [-0.05, 0) is 18.3 Å². The molecule has 0 aromatic carbocycles. The van der Waals surface area contributed by atoms with Gasteiger partial charge < -0.3 is 5.11 Å². The Balaban J connectivity index is 2.79. The molecule has 0 bridgehead atoms. The molecule has 2 N–H and O–H groups in total. The summed E-state index contributed by atoms with van der Waals surface area (Å²) in [6.07, 6.45) is 0.998. The Kier molecular flexibility index (Phi) is 2.50. The molecular weight excluding hydrogens is 186 g/mol. The lowest BCUT2D eigenvalue weighted by Crippen LogP contribution is -2.48. The van der Waals surface area contributed by atoms with Crippen LogP contribution in [0, 0.1) is 10.2 Å². The second kappa shape index (κ2) is 2.95. The molecule has 0 unspecified atom stereocenters. The van der Waals surface area contributed by atoms with Gasteiger partial charge in [-0.1, -0.05) is 20.8 Å². The average Bonchev–Trinajstić information content (AvgIpc) is 1.94. The topological polar surface area (TPSA) is 61.1 Å². The predicted molar refractivity (Wildman–Crippen MR) is 54.2 cm³/mol. The van der Waals surface area contributed by atoms with E-state index in [9.17, 15) is 9.32 Å². The van der Waals surface area contributed by atoms with Crippen molar-refractivity contribution in [1.82, 2.24) is 0 Å². The van der Waals surface area contributed by atoms with Crippen LogP contribution in [0.4, 0.5) is 0 Å². The van der Waals surface area contributed by atoms with Crippen LogP contribution in [-0.2, 0) is 9.73 Å². The van der Waals surface area contributed by atoms with E-state index in [2.05, 4.69) is 0 Å². The summed E-state index contributed by atoms with van der Waals surface area (Å²) < 4.78 is 18.8. The van der Waals surface area contributed by atoms with Crippen molar-refractivity contribution in [1.29, 1.82) is 4.78 Å². The molecule has 0 amide bonds. The second-order valence-electron chi connectivity index (χ2n) is 5.00. The molecule has 1 aliphatic heterocycles. The van der Waals surface area contributed by atoms with Gasteiger partial charge in [0.05, 0.1) is 5.60 Å². The summed E-state index contributed by atoms with van der Waals surface area (Å²) in [4.78, 5) is 0. The highest BCUT2D eigenvalue weighted by Crippen LogP contribution is 2.39. The molecule has 1 heterocycles. The molecule has 13 heavy (non-hydrogen) atoms. The zero-order valence-corrected chi connectivity index (χ0v) is 9.41. The Morgan fingerprint density at radius 3 is 2.00 bits per heavy atom. The molecule has 1 saturated heterocycles. The van der Waals surface area contributed by atoms with Crippen LogP contribution in [0.15, 0.2) is 0 Å². The highest BCUT2D eigenvalue weighted by Gasteiger charge is 2.43. The van der Waals surface area contributed by atoms with E-state index in [0.29, 0.717) is 24.3 Å². The van der Waals surface area contributed by atoms with Crippen molar-refractivity contribution in [3.8, 4) is 0 Å². The third kappa shape index (κ3) is 2.23. The number of hydrogen-bond donors (Lipinski definition) is 2. The van der Waals surface area contributed by atoms with Gasteiger partial charge in [0, 0.05) is 21.2 Å². The van der Waals surface area contributed by atoms with Crippen LogP contribution < -0.4 is 0 Å². The van der Waals surface area contributed by atoms with Gasteiger partial charge in [-0.2, -0.15) is 0 Å². The molecule has 3 nitrogen and oxygen atoms in total. The monoisotopic (exact) mass is 205 g/mol. The maximum absolute atomic E-state index is 11.4. The van der Waals surface area contributed by atoms with Gasteiger partial charge in [-0.15, -0.1) is 0 Å². The van der Waals surface area contributed by atoms with E-state index in [1.54, 1.807) is 0 Å². The van der Waals surface area contributed by atoms with E-state index in [4.69, 9.17) is 4.78 Å². The first-order valence-corrected chi connectivity index (χ1v) is 6.53. The first kappa shape index (κ1) is 11.0. The number of aliphatic hydroxyl groups is 1. The molecule has 0 aromatic rings. The summed E-state index contributed by atoms with van der Waals surface area (Å²) in [5.41, 5.74) is -0.905. The summed E-state index contributed by atoms with van der Waals surface area (Å²) in [6.45, 7) is 5.97. The van der Waals surface area contributed by atoms with Gasteiger partial charge in [0.15, 0.2) is 0 Å². The van der Waals surface area contributed by atoms with Crippen LogP contribution in [0.25, 0.3) is 0 Å². The maximum atomic E-state index is 11.4. The first-order chi connectivity index (χ1) is 5.66. The Morgan fingerprint density at radius 1 is 1.31 bits per heavy atom. The van der Waals surface area contributed by atoms with E-state index in [1.165, 1.54) is 0 Å². The lowest BCUT2D eigenvalue weighted by atomic mass is 9.73. The second-order valence-corrected chi connectivity index (χ2v) is 7.44. The van der Waals surface area contributed by atoms with Gasteiger partial charge in [-0.25, -0.2) is 4.21 Å².